The van der Waals surface area contributed by atoms with Crippen LogP contribution in [0.15, 0.2) is 30.5 Å². The van der Waals surface area contributed by atoms with Crippen LogP contribution >= 0.6 is 17.0 Å². The van der Waals surface area contributed by atoms with E-state index < -0.39 is 0 Å². The van der Waals surface area contributed by atoms with E-state index >= 15 is 0 Å². The van der Waals surface area contributed by atoms with Crippen molar-refractivity contribution in [2.24, 2.45) is 0 Å². The first-order valence-electron chi connectivity index (χ1n) is 5.51. The van der Waals surface area contributed by atoms with E-state index in [1.54, 1.807) is 12.3 Å². The highest BCUT2D eigenvalue weighted by molar-refractivity contribution is 8.93. The summed E-state index contributed by atoms with van der Waals surface area (Å²) in [6.07, 6.45) is 2.00. The first-order chi connectivity index (χ1) is 8.16. The van der Waals surface area contributed by atoms with Gasteiger partial charge in [-0.2, -0.15) is 5.10 Å². The largest absolute Gasteiger partial charge is 0.325 e. The van der Waals surface area contributed by atoms with Gasteiger partial charge in [0.25, 0.3) is 0 Å². The van der Waals surface area contributed by atoms with Gasteiger partial charge in [-0.25, -0.2) is 0 Å². The number of hydrogen-bond acceptors (Lipinski definition) is 2. The van der Waals surface area contributed by atoms with Gasteiger partial charge in [0.15, 0.2) is 0 Å². The molecule has 0 unspecified atom stereocenters. The van der Waals surface area contributed by atoms with Crippen LogP contribution in [-0.2, 0) is 11.2 Å². The van der Waals surface area contributed by atoms with Crippen LogP contribution in [-0.4, -0.2) is 16.1 Å². The number of rotatable bonds is 3. The fourth-order valence-corrected chi connectivity index (χ4v) is 1.75. The topological polar surface area (TPSA) is 57.8 Å². The molecular weight excluding hydrogens is 294 g/mol. The predicted octanol–water partition coefficient (Wildman–Crippen LogP) is 2.79. The van der Waals surface area contributed by atoms with Gasteiger partial charge in [0.2, 0.25) is 5.91 Å². The van der Waals surface area contributed by atoms with E-state index in [9.17, 15) is 4.79 Å². The Hall–Kier alpha value is -1.62. The summed E-state index contributed by atoms with van der Waals surface area (Å²) in [6, 6.07) is 7.74. The number of carbonyl (C=O) groups excluding carboxylic acids is 1. The minimum absolute atomic E-state index is 0. The Morgan fingerprint density at radius 3 is 2.50 bits per heavy atom. The number of nitrogens with zero attached hydrogens (tertiary/aromatic N) is 1. The Bertz CT molecular complexity index is 503. The zero-order valence-electron chi connectivity index (χ0n) is 10.4. The van der Waals surface area contributed by atoms with Crippen molar-refractivity contribution in [2.45, 2.75) is 20.3 Å². The number of para-hydroxylation sites is 1. The second-order valence-corrected chi connectivity index (χ2v) is 4.06. The van der Waals surface area contributed by atoms with Crippen LogP contribution in [0.25, 0.3) is 0 Å². The molecular formula is C13H16BrN3O. The fraction of sp³-hybridized carbons (Fsp3) is 0.231. The van der Waals surface area contributed by atoms with E-state index in [1.807, 2.05) is 32.0 Å². The summed E-state index contributed by atoms with van der Waals surface area (Å²) in [5.41, 5.74) is 3.78. The highest BCUT2D eigenvalue weighted by atomic mass is 79.9. The van der Waals surface area contributed by atoms with E-state index in [0.717, 1.165) is 22.5 Å². The molecule has 0 saturated heterocycles. The lowest BCUT2D eigenvalue weighted by molar-refractivity contribution is -0.115. The first-order valence-corrected chi connectivity index (χ1v) is 5.51. The summed E-state index contributed by atoms with van der Waals surface area (Å²) in [5.74, 6) is -0.0468. The quantitative estimate of drug-likeness (QED) is 0.916. The molecule has 0 spiro atoms. The minimum Gasteiger partial charge on any atom is -0.325 e. The number of anilines is 1. The van der Waals surface area contributed by atoms with Crippen molar-refractivity contribution >= 4 is 28.6 Å². The van der Waals surface area contributed by atoms with Gasteiger partial charge in [-0.1, -0.05) is 18.2 Å². The standard InChI is InChI=1S/C13H15N3O.BrH/c1-9-4-3-5-10(2)13(9)15-12(17)8-11-6-7-14-16-11;/h3-7H,8H2,1-2H3,(H,14,16)(H,15,17);1H. The van der Waals surface area contributed by atoms with Crippen molar-refractivity contribution in [1.29, 1.82) is 0 Å². The number of aromatic nitrogens is 2. The number of carbonyl (C=O) groups is 1. The number of amides is 1. The average Bonchev–Trinajstić information content (AvgIpc) is 2.76. The van der Waals surface area contributed by atoms with Gasteiger partial charge in [-0.3, -0.25) is 9.89 Å². The molecule has 0 saturated carbocycles. The number of benzene rings is 1. The molecule has 0 fully saturated rings. The van der Waals surface area contributed by atoms with Crippen molar-refractivity contribution in [3.05, 3.63) is 47.3 Å². The monoisotopic (exact) mass is 309 g/mol. The van der Waals surface area contributed by atoms with Crippen LogP contribution in [0, 0.1) is 13.8 Å². The van der Waals surface area contributed by atoms with Gasteiger partial charge < -0.3 is 5.32 Å². The number of hydrogen-bond donors (Lipinski definition) is 2. The summed E-state index contributed by atoms with van der Waals surface area (Å²) in [5, 5.41) is 9.57. The number of nitrogens with one attached hydrogen (secondary N) is 2. The third kappa shape index (κ3) is 3.43. The van der Waals surface area contributed by atoms with Crippen LogP contribution < -0.4 is 5.32 Å². The van der Waals surface area contributed by atoms with Crippen LogP contribution in [0.3, 0.4) is 0 Å². The van der Waals surface area contributed by atoms with Gasteiger partial charge in [0.1, 0.15) is 0 Å². The SMILES string of the molecule is Br.Cc1cccc(C)c1NC(=O)Cc1cc[nH]n1. The molecule has 18 heavy (non-hydrogen) atoms. The van der Waals surface area contributed by atoms with Crippen molar-refractivity contribution < 1.29 is 4.79 Å². The van der Waals surface area contributed by atoms with Gasteiger partial charge in [-0.15, -0.1) is 17.0 Å². The number of aryl methyl sites for hydroxylation is 2. The van der Waals surface area contributed by atoms with Gasteiger partial charge >= 0.3 is 0 Å². The molecule has 2 rings (SSSR count). The molecule has 0 radical (unpaired) electrons. The molecule has 1 amide bonds. The average molecular weight is 310 g/mol. The number of halogens is 1. The highest BCUT2D eigenvalue weighted by Gasteiger charge is 2.08. The molecule has 1 aromatic carbocycles. The fourth-order valence-electron chi connectivity index (χ4n) is 1.75. The zero-order valence-corrected chi connectivity index (χ0v) is 12.1. The van der Waals surface area contributed by atoms with E-state index in [4.69, 9.17) is 0 Å². The second-order valence-electron chi connectivity index (χ2n) is 4.06. The van der Waals surface area contributed by atoms with E-state index in [-0.39, 0.29) is 29.3 Å². The van der Waals surface area contributed by atoms with Crippen molar-refractivity contribution in [3.63, 3.8) is 0 Å². The predicted molar refractivity (Wildman–Crippen MR) is 77.2 cm³/mol. The van der Waals surface area contributed by atoms with E-state index in [0.29, 0.717) is 0 Å². The van der Waals surface area contributed by atoms with Crippen molar-refractivity contribution in [1.82, 2.24) is 10.2 Å². The lowest BCUT2D eigenvalue weighted by Gasteiger charge is -2.10. The Kier molecular flexibility index (Phi) is 5.09. The molecule has 0 bridgehead atoms. The molecule has 0 aliphatic carbocycles. The maximum atomic E-state index is 11.8. The summed E-state index contributed by atoms with van der Waals surface area (Å²) >= 11 is 0. The van der Waals surface area contributed by atoms with Gasteiger partial charge in [0, 0.05) is 11.9 Å². The summed E-state index contributed by atoms with van der Waals surface area (Å²) in [7, 11) is 0. The third-order valence-electron chi connectivity index (χ3n) is 2.65. The third-order valence-corrected chi connectivity index (χ3v) is 2.65. The first kappa shape index (κ1) is 14.4. The Morgan fingerprint density at radius 2 is 1.94 bits per heavy atom. The Morgan fingerprint density at radius 1 is 1.28 bits per heavy atom. The molecule has 0 aliphatic heterocycles. The summed E-state index contributed by atoms with van der Waals surface area (Å²) in [4.78, 5) is 11.8. The molecule has 96 valence electrons. The van der Waals surface area contributed by atoms with Crippen molar-refractivity contribution in [2.75, 3.05) is 5.32 Å². The molecule has 0 aliphatic rings. The zero-order chi connectivity index (χ0) is 12.3. The summed E-state index contributed by atoms with van der Waals surface area (Å²) in [6.45, 7) is 3.97. The van der Waals surface area contributed by atoms with E-state index in [1.165, 1.54) is 0 Å². The normalized spacial score (nSPS) is 9.67. The minimum atomic E-state index is -0.0468. The molecule has 1 aromatic heterocycles. The maximum Gasteiger partial charge on any atom is 0.230 e. The maximum absolute atomic E-state index is 11.8. The van der Waals surface area contributed by atoms with Crippen LogP contribution in [0.1, 0.15) is 16.8 Å². The Labute approximate surface area is 117 Å². The molecule has 5 heteroatoms. The molecule has 4 nitrogen and oxygen atoms in total. The van der Waals surface area contributed by atoms with Gasteiger partial charge in [-0.05, 0) is 31.0 Å². The van der Waals surface area contributed by atoms with Crippen LogP contribution in [0.2, 0.25) is 0 Å². The Balaban J connectivity index is 0.00000162. The lowest BCUT2D eigenvalue weighted by Crippen LogP contribution is -2.16. The van der Waals surface area contributed by atoms with E-state index in [2.05, 4.69) is 15.5 Å². The van der Waals surface area contributed by atoms with Crippen LogP contribution in [0.5, 0.6) is 0 Å². The van der Waals surface area contributed by atoms with Gasteiger partial charge in [0.05, 0.1) is 12.1 Å². The molecule has 2 N–H and O–H groups in total. The molecule has 0 atom stereocenters. The molecule has 2 aromatic rings. The number of aromatic amines is 1. The van der Waals surface area contributed by atoms with Crippen molar-refractivity contribution in [3.8, 4) is 0 Å². The summed E-state index contributed by atoms with van der Waals surface area (Å²) < 4.78 is 0. The highest BCUT2D eigenvalue weighted by Crippen LogP contribution is 2.19. The number of H-pyrrole nitrogens is 1. The van der Waals surface area contributed by atoms with Crippen LogP contribution in [0.4, 0.5) is 5.69 Å². The molecule has 1 heterocycles. The lowest BCUT2D eigenvalue weighted by atomic mass is 10.1. The smallest absolute Gasteiger partial charge is 0.230 e. The second kappa shape index (κ2) is 6.35.